The van der Waals surface area contributed by atoms with Gasteiger partial charge in [-0.15, -0.1) is 0 Å². The maximum Gasteiger partial charge on any atom is 0.235 e. The minimum Gasteiger partial charge on any atom is -0.324 e. The number of rotatable bonds is 10. The van der Waals surface area contributed by atoms with Crippen molar-refractivity contribution >= 4 is 21.5 Å². The molecular weight excluding hydrogens is 412 g/mol. The Kier molecular flexibility index (Phi) is 8.20. The molecule has 0 unspecified atom stereocenters. The number of carbonyl (C=O) groups is 1. The SMILES string of the molecule is CN1CCN(CCCS(=O)(=O)N(Cc2ccc(C(=O)CN)cc2)c2ccccc2)CC1. The highest BCUT2D eigenvalue weighted by molar-refractivity contribution is 7.92. The number of nitrogens with two attached hydrogens (primary N) is 1. The number of Topliss-reactive ketones (excluding diaryl/α,β-unsaturated/α-hetero) is 1. The van der Waals surface area contributed by atoms with Crippen LogP contribution in [0.1, 0.15) is 22.3 Å². The van der Waals surface area contributed by atoms with E-state index in [2.05, 4.69) is 16.8 Å². The van der Waals surface area contributed by atoms with Crippen LogP contribution in [0.4, 0.5) is 5.69 Å². The minimum absolute atomic E-state index is 0.0445. The number of nitrogens with zero attached hydrogens (tertiary/aromatic N) is 3. The molecule has 2 aromatic carbocycles. The Labute approximate surface area is 185 Å². The van der Waals surface area contributed by atoms with Gasteiger partial charge in [-0.2, -0.15) is 0 Å². The highest BCUT2D eigenvalue weighted by atomic mass is 32.2. The number of sulfonamides is 1. The molecule has 1 aliphatic heterocycles. The van der Waals surface area contributed by atoms with E-state index in [1.807, 2.05) is 30.3 Å². The first-order valence-electron chi connectivity index (χ1n) is 10.7. The van der Waals surface area contributed by atoms with Gasteiger partial charge in [0.05, 0.1) is 24.5 Å². The number of hydrogen-bond acceptors (Lipinski definition) is 6. The van der Waals surface area contributed by atoms with Crippen molar-refractivity contribution in [2.75, 3.05) is 56.4 Å². The topological polar surface area (TPSA) is 87.0 Å². The normalized spacial score (nSPS) is 15.7. The number of anilines is 1. The summed E-state index contributed by atoms with van der Waals surface area (Å²) in [4.78, 5) is 16.4. The van der Waals surface area contributed by atoms with Gasteiger partial charge in [0.15, 0.2) is 5.78 Å². The Morgan fingerprint density at radius 3 is 2.26 bits per heavy atom. The number of likely N-dealkylation sites (N-methyl/N-ethyl adjacent to an activating group) is 1. The smallest absolute Gasteiger partial charge is 0.235 e. The summed E-state index contributed by atoms with van der Waals surface area (Å²) in [6, 6.07) is 16.2. The lowest BCUT2D eigenvalue weighted by Gasteiger charge is -2.32. The number of para-hydroxylation sites is 1. The lowest BCUT2D eigenvalue weighted by atomic mass is 10.1. The second kappa shape index (κ2) is 10.9. The molecule has 7 nitrogen and oxygen atoms in total. The molecule has 31 heavy (non-hydrogen) atoms. The lowest BCUT2D eigenvalue weighted by molar-refractivity contribution is 0.100. The van der Waals surface area contributed by atoms with Crippen molar-refractivity contribution < 1.29 is 13.2 Å². The van der Waals surface area contributed by atoms with E-state index in [9.17, 15) is 13.2 Å². The Balaban J connectivity index is 1.70. The fraction of sp³-hybridized carbons (Fsp3) is 0.435. The molecule has 0 aliphatic carbocycles. The Morgan fingerprint density at radius 2 is 1.65 bits per heavy atom. The second-order valence-corrected chi connectivity index (χ2v) is 9.99. The second-order valence-electron chi connectivity index (χ2n) is 7.98. The summed E-state index contributed by atoms with van der Waals surface area (Å²) in [6.07, 6.45) is 0.597. The van der Waals surface area contributed by atoms with E-state index in [0.717, 1.165) is 38.3 Å². The van der Waals surface area contributed by atoms with Crippen LogP contribution in [0.5, 0.6) is 0 Å². The van der Waals surface area contributed by atoms with Gasteiger partial charge in [0.25, 0.3) is 0 Å². The largest absolute Gasteiger partial charge is 0.324 e. The van der Waals surface area contributed by atoms with E-state index in [1.165, 1.54) is 4.31 Å². The van der Waals surface area contributed by atoms with Crippen LogP contribution in [0, 0.1) is 0 Å². The lowest BCUT2D eigenvalue weighted by Crippen LogP contribution is -2.45. The van der Waals surface area contributed by atoms with Crippen molar-refractivity contribution in [1.82, 2.24) is 9.80 Å². The summed E-state index contributed by atoms with van der Waals surface area (Å²) >= 11 is 0. The molecule has 3 rings (SSSR count). The standard InChI is InChI=1S/C23H32N4O3S/c1-25-13-15-26(16-14-25)12-5-17-31(29,30)27(22-6-3-2-4-7-22)19-20-8-10-21(11-9-20)23(28)18-24/h2-4,6-11H,5,12-19,24H2,1H3. The molecule has 168 valence electrons. The summed E-state index contributed by atoms with van der Waals surface area (Å²) in [5, 5.41) is 0. The number of ketones is 1. The summed E-state index contributed by atoms with van der Waals surface area (Å²) in [6.45, 7) is 4.96. The van der Waals surface area contributed by atoms with Gasteiger partial charge in [-0.25, -0.2) is 8.42 Å². The highest BCUT2D eigenvalue weighted by Crippen LogP contribution is 2.22. The quantitative estimate of drug-likeness (QED) is 0.563. The zero-order valence-corrected chi connectivity index (χ0v) is 18.9. The number of piperazine rings is 1. The third-order valence-electron chi connectivity index (χ3n) is 5.64. The fourth-order valence-electron chi connectivity index (χ4n) is 3.68. The van der Waals surface area contributed by atoms with Crippen molar-refractivity contribution in [2.45, 2.75) is 13.0 Å². The first kappa shape index (κ1) is 23.4. The van der Waals surface area contributed by atoms with Crippen molar-refractivity contribution in [3.63, 3.8) is 0 Å². The third-order valence-corrected chi connectivity index (χ3v) is 7.46. The van der Waals surface area contributed by atoms with Gasteiger partial charge < -0.3 is 15.5 Å². The van der Waals surface area contributed by atoms with Crippen LogP contribution in [0.2, 0.25) is 0 Å². The van der Waals surface area contributed by atoms with Crippen molar-refractivity contribution in [3.05, 3.63) is 65.7 Å². The molecule has 0 spiro atoms. The van der Waals surface area contributed by atoms with Gasteiger partial charge in [-0.3, -0.25) is 9.10 Å². The molecule has 0 radical (unpaired) electrons. The predicted octanol–water partition coefficient (Wildman–Crippen LogP) is 1.80. The van der Waals surface area contributed by atoms with Gasteiger partial charge in [0.1, 0.15) is 0 Å². The Bertz CT molecular complexity index is 941. The van der Waals surface area contributed by atoms with Crippen LogP contribution in [-0.4, -0.2) is 76.1 Å². The first-order valence-corrected chi connectivity index (χ1v) is 12.3. The minimum atomic E-state index is -3.51. The molecule has 1 heterocycles. The van der Waals surface area contributed by atoms with Crippen LogP contribution in [0.25, 0.3) is 0 Å². The molecule has 2 aromatic rings. The van der Waals surface area contributed by atoms with E-state index >= 15 is 0 Å². The van der Waals surface area contributed by atoms with E-state index in [-0.39, 0.29) is 24.6 Å². The van der Waals surface area contributed by atoms with Crippen LogP contribution in [0.15, 0.2) is 54.6 Å². The molecule has 2 N–H and O–H groups in total. The van der Waals surface area contributed by atoms with Gasteiger partial charge in [0, 0.05) is 31.7 Å². The maximum atomic E-state index is 13.3. The average Bonchev–Trinajstić information content (AvgIpc) is 2.79. The van der Waals surface area contributed by atoms with Gasteiger partial charge in [0.2, 0.25) is 10.0 Å². The molecule has 0 amide bonds. The molecule has 8 heteroatoms. The monoisotopic (exact) mass is 444 g/mol. The maximum absolute atomic E-state index is 13.3. The van der Waals surface area contributed by atoms with Gasteiger partial charge in [-0.1, -0.05) is 42.5 Å². The van der Waals surface area contributed by atoms with Crippen molar-refractivity contribution in [3.8, 4) is 0 Å². The molecule has 1 aliphatic rings. The fourth-order valence-corrected chi connectivity index (χ4v) is 5.18. The van der Waals surface area contributed by atoms with Crippen LogP contribution in [0.3, 0.4) is 0 Å². The van der Waals surface area contributed by atoms with Crippen LogP contribution < -0.4 is 10.0 Å². The molecule has 0 aromatic heterocycles. The van der Waals surface area contributed by atoms with Gasteiger partial charge >= 0.3 is 0 Å². The zero-order valence-electron chi connectivity index (χ0n) is 18.1. The molecule has 0 saturated carbocycles. The molecule has 0 atom stereocenters. The van der Waals surface area contributed by atoms with Crippen molar-refractivity contribution in [1.29, 1.82) is 0 Å². The van der Waals surface area contributed by atoms with E-state index < -0.39 is 10.0 Å². The number of carbonyl (C=O) groups excluding carboxylic acids is 1. The molecule has 0 bridgehead atoms. The predicted molar refractivity (Wildman–Crippen MR) is 125 cm³/mol. The molecule has 1 fully saturated rings. The van der Waals surface area contributed by atoms with Gasteiger partial charge in [-0.05, 0) is 37.7 Å². The third kappa shape index (κ3) is 6.61. The summed E-state index contributed by atoms with van der Waals surface area (Å²) in [7, 11) is -1.40. The van der Waals surface area contributed by atoms with E-state index in [0.29, 0.717) is 17.7 Å². The first-order chi connectivity index (χ1) is 14.9. The summed E-state index contributed by atoms with van der Waals surface area (Å²) in [5.74, 6) is -0.0409. The zero-order chi connectivity index (χ0) is 22.3. The summed E-state index contributed by atoms with van der Waals surface area (Å²) < 4.78 is 28.0. The van der Waals surface area contributed by atoms with E-state index in [1.54, 1.807) is 24.3 Å². The Hall–Kier alpha value is -2.26. The number of hydrogen-bond donors (Lipinski definition) is 1. The highest BCUT2D eigenvalue weighted by Gasteiger charge is 2.23. The van der Waals surface area contributed by atoms with Crippen LogP contribution in [-0.2, 0) is 16.6 Å². The number of benzene rings is 2. The Morgan fingerprint density at radius 1 is 1.00 bits per heavy atom. The average molecular weight is 445 g/mol. The van der Waals surface area contributed by atoms with Crippen molar-refractivity contribution in [2.24, 2.45) is 5.73 Å². The van der Waals surface area contributed by atoms with Crippen LogP contribution >= 0.6 is 0 Å². The molecule has 1 saturated heterocycles. The van der Waals surface area contributed by atoms with E-state index in [4.69, 9.17) is 5.73 Å². The summed E-state index contributed by atoms with van der Waals surface area (Å²) in [5.41, 5.74) is 7.42. The molecular formula is C23H32N4O3S.